The van der Waals surface area contributed by atoms with E-state index in [2.05, 4.69) is 17.2 Å². The van der Waals surface area contributed by atoms with Crippen LogP contribution in [-0.4, -0.2) is 43.6 Å². The molecule has 2 atom stereocenters. The fourth-order valence-corrected chi connectivity index (χ4v) is 3.93. The molecule has 1 fully saturated rings. The van der Waals surface area contributed by atoms with Crippen LogP contribution in [-0.2, 0) is 10.0 Å². The SMILES string of the molecule is CCNC(CC1CCCN(S(C)(=O)=O)C1)c1ccccn1. The lowest BCUT2D eigenvalue weighted by Crippen LogP contribution is -2.40. The fourth-order valence-electron chi connectivity index (χ4n) is 2.99. The van der Waals surface area contributed by atoms with E-state index in [0.717, 1.165) is 31.5 Å². The monoisotopic (exact) mass is 311 g/mol. The Kier molecular flexibility index (Phi) is 5.72. The number of hydrogen-bond donors (Lipinski definition) is 1. The molecule has 0 aliphatic carbocycles. The third kappa shape index (κ3) is 4.76. The number of pyridine rings is 1. The number of rotatable bonds is 6. The summed E-state index contributed by atoms with van der Waals surface area (Å²) in [7, 11) is -3.07. The van der Waals surface area contributed by atoms with Gasteiger partial charge in [0.25, 0.3) is 0 Å². The highest BCUT2D eigenvalue weighted by atomic mass is 32.2. The molecule has 1 N–H and O–H groups in total. The van der Waals surface area contributed by atoms with Crippen LogP contribution < -0.4 is 5.32 Å². The first-order valence-corrected chi connectivity index (χ1v) is 9.45. The molecule has 21 heavy (non-hydrogen) atoms. The summed E-state index contributed by atoms with van der Waals surface area (Å²) in [6.45, 7) is 4.25. The average Bonchev–Trinajstić information content (AvgIpc) is 2.47. The summed E-state index contributed by atoms with van der Waals surface area (Å²) in [5.74, 6) is 0.388. The summed E-state index contributed by atoms with van der Waals surface area (Å²) in [6, 6.07) is 6.14. The van der Waals surface area contributed by atoms with E-state index in [1.165, 1.54) is 6.26 Å². The van der Waals surface area contributed by atoms with Gasteiger partial charge in [0.15, 0.2) is 0 Å². The molecule has 1 aliphatic heterocycles. The first-order valence-electron chi connectivity index (χ1n) is 7.60. The smallest absolute Gasteiger partial charge is 0.211 e. The summed E-state index contributed by atoms with van der Waals surface area (Å²) in [5.41, 5.74) is 1.04. The molecular weight excluding hydrogens is 286 g/mol. The molecular formula is C15H25N3O2S. The Balaban J connectivity index is 2.03. The zero-order valence-electron chi connectivity index (χ0n) is 12.8. The van der Waals surface area contributed by atoms with Crippen LogP contribution in [0.25, 0.3) is 0 Å². The van der Waals surface area contributed by atoms with Crippen LogP contribution in [0.4, 0.5) is 0 Å². The number of sulfonamides is 1. The van der Waals surface area contributed by atoms with Crippen LogP contribution >= 0.6 is 0 Å². The van der Waals surface area contributed by atoms with Crippen LogP contribution in [0, 0.1) is 5.92 Å². The predicted octanol–water partition coefficient (Wildman–Crippen LogP) is 1.79. The van der Waals surface area contributed by atoms with Gasteiger partial charge in [-0.1, -0.05) is 13.0 Å². The van der Waals surface area contributed by atoms with E-state index in [4.69, 9.17) is 0 Å². The summed E-state index contributed by atoms with van der Waals surface area (Å²) in [6.07, 6.45) is 6.07. The molecule has 5 nitrogen and oxygen atoms in total. The van der Waals surface area contributed by atoms with Crippen molar-refractivity contribution in [1.29, 1.82) is 0 Å². The molecule has 0 spiro atoms. The van der Waals surface area contributed by atoms with Gasteiger partial charge in [-0.25, -0.2) is 12.7 Å². The van der Waals surface area contributed by atoms with E-state index in [1.807, 2.05) is 24.4 Å². The number of nitrogens with one attached hydrogen (secondary N) is 1. The van der Waals surface area contributed by atoms with Crippen molar-refractivity contribution < 1.29 is 8.42 Å². The summed E-state index contributed by atoms with van der Waals surface area (Å²) >= 11 is 0. The van der Waals surface area contributed by atoms with Crippen molar-refractivity contribution in [2.24, 2.45) is 5.92 Å². The summed E-state index contributed by atoms with van der Waals surface area (Å²) in [5, 5.41) is 3.47. The zero-order chi connectivity index (χ0) is 15.3. The maximum absolute atomic E-state index is 11.7. The van der Waals surface area contributed by atoms with Gasteiger partial charge < -0.3 is 5.32 Å². The number of aromatic nitrogens is 1. The Morgan fingerprint density at radius 2 is 2.29 bits per heavy atom. The van der Waals surface area contributed by atoms with E-state index in [-0.39, 0.29) is 6.04 Å². The van der Waals surface area contributed by atoms with Gasteiger partial charge in [0.1, 0.15) is 0 Å². The Hall–Kier alpha value is -0.980. The highest BCUT2D eigenvalue weighted by Crippen LogP contribution is 2.27. The molecule has 2 rings (SSSR count). The molecule has 1 aromatic rings. The third-order valence-corrected chi connectivity index (χ3v) is 5.28. The lowest BCUT2D eigenvalue weighted by molar-refractivity contribution is 0.238. The summed E-state index contributed by atoms with van der Waals surface area (Å²) < 4.78 is 25.0. The van der Waals surface area contributed by atoms with Gasteiger partial charge in [-0.05, 0) is 43.9 Å². The molecule has 2 unspecified atom stereocenters. The minimum absolute atomic E-state index is 0.195. The van der Waals surface area contributed by atoms with Gasteiger partial charge in [-0.2, -0.15) is 0 Å². The van der Waals surface area contributed by atoms with E-state index >= 15 is 0 Å². The van der Waals surface area contributed by atoms with Crippen molar-refractivity contribution in [3.05, 3.63) is 30.1 Å². The highest BCUT2D eigenvalue weighted by Gasteiger charge is 2.28. The van der Waals surface area contributed by atoms with Crippen LogP contribution in [0.3, 0.4) is 0 Å². The molecule has 6 heteroatoms. The third-order valence-electron chi connectivity index (χ3n) is 4.02. The average molecular weight is 311 g/mol. The second-order valence-electron chi connectivity index (χ2n) is 5.73. The van der Waals surface area contributed by atoms with Gasteiger partial charge in [0, 0.05) is 25.3 Å². The molecule has 0 aromatic carbocycles. The Morgan fingerprint density at radius 3 is 2.90 bits per heavy atom. The van der Waals surface area contributed by atoms with Crippen molar-refractivity contribution in [2.45, 2.75) is 32.2 Å². The van der Waals surface area contributed by atoms with Gasteiger partial charge in [0.05, 0.1) is 11.9 Å². The van der Waals surface area contributed by atoms with E-state index in [9.17, 15) is 8.42 Å². The lowest BCUT2D eigenvalue weighted by Gasteiger charge is -2.33. The van der Waals surface area contributed by atoms with Crippen LogP contribution in [0.2, 0.25) is 0 Å². The van der Waals surface area contributed by atoms with Crippen molar-refractivity contribution in [3.63, 3.8) is 0 Å². The van der Waals surface area contributed by atoms with E-state index < -0.39 is 10.0 Å². The molecule has 1 saturated heterocycles. The minimum Gasteiger partial charge on any atom is -0.309 e. The van der Waals surface area contributed by atoms with Crippen LogP contribution in [0.15, 0.2) is 24.4 Å². The normalized spacial score (nSPS) is 22.1. The van der Waals surface area contributed by atoms with Crippen molar-refractivity contribution in [3.8, 4) is 0 Å². The number of piperidine rings is 1. The van der Waals surface area contributed by atoms with Gasteiger partial charge in [-0.15, -0.1) is 0 Å². The maximum Gasteiger partial charge on any atom is 0.211 e. The quantitative estimate of drug-likeness (QED) is 0.870. The highest BCUT2D eigenvalue weighted by molar-refractivity contribution is 7.88. The topological polar surface area (TPSA) is 62.3 Å². The largest absolute Gasteiger partial charge is 0.309 e. The first-order chi connectivity index (χ1) is 10.0. The van der Waals surface area contributed by atoms with Crippen LogP contribution in [0.1, 0.15) is 37.9 Å². The minimum atomic E-state index is -3.07. The molecule has 0 bridgehead atoms. The summed E-state index contributed by atoms with van der Waals surface area (Å²) in [4.78, 5) is 4.44. The molecule has 1 aromatic heterocycles. The standard InChI is InChI=1S/C15H25N3O2S/c1-3-16-15(14-8-4-5-9-17-14)11-13-7-6-10-18(12-13)21(2,19)20/h4-5,8-9,13,15-16H,3,6-7,10-12H2,1-2H3. The Morgan fingerprint density at radius 1 is 1.48 bits per heavy atom. The maximum atomic E-state index is 11.7. The second kappa shape index (κ2) is 7.33. The zero-order valence-corrected chi connectivity index (χ0v) is 13.6. The molecule has 0 saturated carbocycles. The Labute approximate surface area is 127 Å². The van der Waals surface area contributed by atoms with E-state index in [1.54, 1.807) is 4.31 Å². The van der Waals surface area contributed by atoms with Crippen molar-refractivity contribution >= 4 is 10.0 Å². The first kappa shape index (κ1) is 16.4. The Bertz CT molecular complexity index is 533. The molecule has 0 amide bonds. The second-order valence-corrected chi connectivity index (χ2v) is 7.71. The van der Waals surface area contributed by atoms with Crippen molar-refractivity contribution in [2.75, 3.05) is 25.9 Å². The predicted molar refractivity (Wildman–Crippen MR) is 84.4 cm³/mol. The molecule has 2 heterocycles. The van der Waals surface area contributed by atoms with Gasteiger partial charge >= 0.3 is 0 Å². The molecule has 118 valence electrons. The molecule has 0 radical (unpaired) electrons. The number of nitrogens with zero attached hydrogens (tertiary/aromatic N) is 2. The lowest BCUT2D eigenvalue weighted by atomic mass is 9.91. The fraction of sp³-hybridized carbons (Fsp3) is 0.667. The van der Waals surface area contributed by atoms with E-state index in [0.29, 0.717) is 19.0 Å². The molecule has 1 aliphatic rings. The van der Waals surface area contributed by atoms with Gasteiger partial charge in [-0.3, -0.25) is 4.98 Å². The van der Waals surface area contributed by atoms with Crippen LogP contribution in [0.5, 0.6) is 0 Å². The number of hydrogen-bond acceptors (Lipinski definition) is 4. The van der Waals surface area contributed by atoms with Crippen molar-refractivity contribution in [1.82, 2.24) is 14.6 Å². The van der Waals surface area contributed by atoms with Gasteiger partial charge in [0.2, 0.25) is 10.0 Å².